The summed E-state index contributed by atoms with van der Waals surface area (Å²) in [7, 11) is 0. The smallest absolute Gasteiger partial charge is 0.235 e. The van der Waals surface area contributed by atoms with Crippen molar-refractivity contribution in [1.29, 1.82) is 0 Å². The van der Waals surface area contributed by atoms with Crippen molar-refractivity contribution >= 4 is 39.6 Å². The number of halogens is 1. The van der Waals surface area contributed by atoms with Gasteiger partial charge in [0, 0.05) is 3.57 Å². The average Bonchev–Trinajstić information content (AvgIpc) is 2.77. The SMILES string of the molecule is Nc1nc(Oc2cccc(I)c2)c2cn[nH]c2n1. The van der Waals surface area contributed by atoms with Gasteiger partial charge in [0.2, 0.25) is 11.8 Å². The molecule has 2 aromatic heterocycles. The largest absolute Gasteiger partial charge is 0.438 e. The molecule has 0 aliphatic rings. The first kappa shape index (κ1) is 11.2. The molecule has 0 aliphatic carbocycles. The molecule has 3 rings (SSSR count). The molecule has 0 radical (unpaired) electrons. The molecule has 0 amide bonds. The number of anilines is 1. The summed E-state index contributed by atoms with van der Waals surface area (Å²) in [4.78, 5) is 8.10. The van der Waals surface area contributed by atoms with E-state index in [2.05, 4.69) is 42.8 Å². The lowest BCUT2D eigenvalue weighted by Gasteiger charge is -2.06. The second-order valence-corrected chi connectivity index (χ2v) is 4.82. The number of ether oxygens (including phenoxy) is 1. The Morgan fingerprint density at radius 3 is 3.00 bits per heavy atom. The fourth-order valence-electron chi connectivity index (χ4n) is 1.54. The summed E-state index contributed by atoms with van der Waals surface area (Å²) >= 11 is 2.22. The summed E-state index contributed by atoms with van der Waals surface area (Å²) in [6.07, 6.45) is 1.61. The van der Waals surface area contributed by atoms with E-state index in [0.29, 0.717) is 22.7 Å². The van der Waals surface area contributed by atoms with Gasteiger partial charge < -0.3 is 10.5 Å². The van der Waals surface area contributed by atoms with E-state index in [1.165, 1.54) is 0 Å². The Balaban J connectivity index is 2.06. The maximum Gasteiger partial charge on any atom is 0.235 e. The Morgan fingerprint density at radius 1 is 1.28 bits per heavy atom. The highest BCUT2D eigenvalue weighted by atomic mass is 127. The Morgan fingerprint density at radius 2 is 2.17 bits per heavy atom. The van der Waals surface area contributed by atoms with E-state index in [9.17, 15) is 0 Å². The van der Waals surface area contributed by atoms with Crippen LogP contribution in [-0.4, -0.2) is 20.2 Å². The third-order valence-corrected chi connectivity index (χ3v) is 2.97. The number of aromatic nitrogens is 4. The van der Waals surface area contributed by atoms with Gasteiger partial charge in [-0.25, -0.2) is 0 Å². The number of aromatic amines is 1. The van der Waals surface area contributed by atoms with E-state index < -0.39 is 0 Å². The van der Waals surface area contributed by atoms with Crippen molar-refractivity contribution in [2.45, 2.75) is 0 Å². The molecule has 90 valence electrons. The highest BCUT2D eigenvalue weighted by Gasteiger charge is 2.10. The van der Waals surface area contributed by atoms with Gasteiger partial charge in [-0.1, -0.05) is 6.07 Å². The van der Waals surface area contributed by atoms with Gasteiger partial charge in [-0.15, -0.1) is 0 Å². The molecule has 0 saturated carbocycles. The Hall–Kier alpha value is -1.90. The van der Waals surface area contributed by atoms with Gasteiger partial charge in [-0.05, 0) is 40.8 Å². The first-order valence-corrected chi connectivity index (χ1v) is 6.20. The van der Waals surface area contributed by atoms with Crippen LogP contribution in [0.2, 0.25) is 0 Å². The lowest BCUT2D eigenvalue weighted by atomic mass is 10.3. The van der Waals surface area contributed by atoms with Crippen LogP contribution in [0.5, 0.6) is 11.6 Å². The molecule has 0 fully saturated rings. The minimum absolute atomic E-state index is 0.146. The predicted octanol–water partition coefficient (Wildman–Crippen LogP) is 2.33. The number of nitrogens with one attached hydrogen (secondary N) is 1. The van der Waals surface area contributed by atoms with Gasteiger partial charge in [0.25, 0.3) is 0 Å². The van der Waals surface area contributed by atoms with Crippen molar-refractivity contribution in [2.24, 2.45) is 0 Å². The number of fused-ring (bicyclic) bond motifs is 1. The topological polar surface area (TPSA) is 89.7 Å². The van der Waals surface area contributed by atoms with Crippen LogP contribution in [-0.2, 0) is 0 Å². The zero-order valence-corrected chi connectivity index (χ0v) is 11.2. The zero-order chi connectivity index (χ0) is 12.5. The molecule has 3 aromatic rings. The fraction of sp³-hybridized carbons (Fsp3) is 0. The van der Waals surface area contributed by atoms with Crippen LogP contribution in [0.25, 0.3) is 11.0 Å². The fourth-order valence-corrected chi connectivity index (χ4v) is 2.06. The number of rotatable bonds is 2. The van der Waals surface area contributed by atoms with Crippen LogP contribution < -0.4 is 10.5 Å². The van der Waals surface area contributed by atoms with E-state index in [4.69, 9.17) is 10.5 Å². The number of hydrogen-bond donors (Lipinski definition) is 2. The molecular formula is C11H8IN5O. The second-order valence-electron chi connectivity index (χ2n) is 3.58. The molecule has 0 bridgehead atoms. The third-order valence-electron chi connectivity index (χ3n) is 2.30. The number of nitrogens with two attached hydrogens (primary N) is 1. The van der Waals surface area contributed by atoms with E-state index >= 15 is 0 Å². The van der Waals surface area contributed by atoms with E-state index in [-0.39, 0.29) is 5.95 Å². The molecule has 2 heterocycles. The maximum absolute atomic E-state index is 5.72. The lowest BCUT2D eigenvalue weighted by molar-refractivity contribution is 0.469. The van der Waals surface area contributed by atoms with Crippen molar-refractivity contribution in [2.75, 3.05) is 5.73 Å². The molecule has 6 nitrogen and oxygen atoms in total. The van der Waals surface area contributed by atoms with E-state index in [0.717, 1.165) is 3.57 Å². The maximum atomic E-state index is 5.72. The summed E-state index contributed by atoms with van der Waals surface area (Å²) in [6, 6.07) is 7.65. The Kier molecular flexibility index (Phi) is 2.74. The zero-order valence-electron chi connectivity index (χ0n) is 9.09. The van der Waals surface area contributed by atoms with Gasteiger partial charge in [-0.2, -0.15) is 15.1 Å². The van der Waals surface area contributed by atoms with Crippen molar-refractivity contribution in [3.63, 3.8) is 0 Å². The van der Waals surface area contributed by atoms with Crippen LogP contribution in [0.4, 0.5) is 5.95 Å². The number of nitrogens with zero attached hydrogens (tertiary/aromatic N) is 3. The highest BCUT2D eigenvalue weighted by molar-refractivity contribution is 14.1. The molecule has 3 N–H and O–H groups in total. The first-order chi connectivity index (χ1) is 8.72. The Bertz CT molecular complexity index is 711. The number of H-pyrrole nitrogens is 1. The molecule has 7 heteroatoms. The van der Waals surface area contributed by atoms with Crippen LogP contribution in [0.15, 0.2) is 30.5 Å². The Labute approximate surface area is 116 Å². The van der Waals surface area contributed by atoms with Crippen molar-refractivity contribution < 1.29 is 4.74 Å². The molecule has 1 aromatic carbocycles. The number of nitrogen functional groups attached to an aromatic ring is 1. The molecule has 0 unspecified atom stereocenters. The second kappa shape index (κ2) is 4.41. The number of hydrogen-bond acceptors (Lipinski definition) is 5. The molecule has 0 spiro atoms. The van der Waals surface area contributed by atoms with Crippen molar-refractivity contribution in [3.8, 4) is 11.6 Å². The molecule has 0 saturated heterocycles. The third kappa shape index (κ3) is 2.08. The van der Waals surface area contributed by atoms with Crippen LogP contribution >= 0.6 is 22.6 Å². The standard InChI is InChI=1S/C11H8IN5O/c12-6-2-1-3-7(4-6)18-10-8-5-14-17-9(8)15-11(13)16-10/h1-5H,(H3,13,14,15,16,17). The monoisotopic (exact) mass is 353 g/mol. The molecule has 18 heavy (non-hydrogen) atoms. The average molecular weight is 353 g/mol. The van der Waals surface area contributed by atoms with Crippen LogP contribution in [0, 0.1) is 3.57 Å². The summed E-state index contributed by atoms with van der Waals surface area (Å²) in [6.45, 7) is 0. The predicted molar refractivity (Wildman–Crippen MR) is 75.3 cm³/mol. The number of benzene rings is 1. The van der Waals surface area contributed by atoms with Gasteiger partial charge in [0.15, 0.2) is 5.65 Å². The summed E-state index contributed by atoms with van der Waals surface area (Å²) in [5, 5.41) is 7.33. The molecular weight excluding hydrogens is 345 g/mol. The van der Waals surface area contributed by atoms with Crippen LogP contribution in [0.3, 0.4) is 0 Å². The van der Waals surface area contributed by atoms with Gasteiger partial charge in [-0.3, -0.25) is 5.10 Å². The molecule has 0 atom stereocenters. The van der Waals surface area contributed by atoms with Gasteiger partial charge >= 0.3 is 0 Å². The quantitative estimate of drug-likeness (QED) is 0.691. The lowest BCUT2D eigenvalue weighted by Crippen LogP contribution is -1.98. The van der Waals surface area contributed by atoms with Crippen LogP contribution in [0.1, 0.15) is 0 Å². The van der Waals surface area contributed by atoms with Gasteiger partial charge in [0.05, 0.1) is 6.20 Å². The molecule has 0 aliphatic heterocycles. The van der Waals surface area contributed by atoms with E-state index in [1.54, 1.807) is 6.20 Å². The first-order valence-electron chi connectivity index (χ1n) is 5.12. The highest BCUT2D eigenvalue weighted by Crippen LogP contribution is 2.27. The summed E-state index contributed by atoms with van der Waals surface area (Å²) in [5.74, 6) is 1.24. The normalized spacial score (nSPS) is 10.7. The van der Waals surface area contributed by atoms with E-state index in [1.807, 2.05) is 24.3 Å². The van der Waals surface area contributed by atoms with Gasteiger partial charge in [0.1, 0.15) is 11.1 Å². The van der Waals surface area contributed by atoms with Crippen molar-refractivity contribution in [1.82, 2.24) is 20.2 Å². The minimum atomic E-state index is 0.146. The minimum Gasteiger partial charge on any atom is -0.438 e. The summed E-state index contributed by atoms with van der Waals surface area (Å²) < 4.78 is 6.79. The van der Waals surface area contributed by atoms with Crippen molar-refractivity contribution in [3.05, 3.63) is 34.0 Å². The summed E-state index contributed by atoms with van der Waals surface area (Å²) in [5.41, 5.74) is 6.17.